The minimum atomic E-state index is -1.05. The Balaban J connectivity index is 1.51. The molecule has 2 aromatic carbocycles. The molecule has 360 valence electrons. The number of ether oxygens (including phenoxy) is 3. The van der Waals surface area contributed by atoms with Crippen LogP contribution in [-0.4, -0.2) is 49.3 Å². The standard InChI is InChI=1S/C56H90N4O3Si2/c1-9-13-15-17-21-27-37-61-51-43-57-55(58-44-51)49-33-35-53(47(41-49)31-25-19-23-29-39-64(5,6)11-3)63-54-36-34-50(42-48(54)32-26-20-24-30-40-65(7,8)12-4)56-59-45-52(46-60-56)62-38-28-22-18-16-14-10-2/h33-36,41-46H,9-32,37-40H2,1-8H3. The molecular formula is C56H90N4O3Si2. The summed E-state index contributed by atoms with van der Waals surface area (Å²) in [5, 5.41) is 0. The number of hydrogen-bond acceptors (Lipinski definition) is 7. The molecule has 0 fully saturated rings. The topological polar surface area (TPSA) is 79.2 Å². The first-order chi connectivity index (χ1) is 31.6. The quantitative estimate of drug-likeness (QED) is 0.0332. The predicted molar refractivity (Wildman–Crippen MR) is 283 cm³/mol. The van der Waals surface area contributed by atoms with Gasteiger partial charge in [0.25, 0.3) is 0 Å². The number of hydrogen-bond donors (Lipinski definition) is 0. The summed E-state index contributed by atoms with van der Waals surface area (Å²) < 4.78 is 19.0. The van der Waals surface area contributed by atoms with Gasteiger partial charge in [0.15, 0.2) is 23.1 Å². The van der Waals surface area contributed by atoms with Gasteiger partial charge in [-0.2, -0.15) is 0 Å². The fourth-order valence-corrected chi connectivity index (χ4v) is 11.4. The van der Waals surface area contributed by atoms with E-state index in [1.54, 1.807) is 0 Å². The highest BCUT2D eigenvalue weighted by Crippen LogP contribution is 2.35. The van der Waals surface area contributed by atoms with E-state index in [4.69, 9.17) is 34.1 Å². The fourth-order valence-electron chi connectivity index (χ4n) is 8.27. The second-order valence-corrected chi connectivity index (χ2v) is 31.4. The van der Waals surface area contributed by atoms with Gasteiger partial charge in [-0.3, -0.25) is 0 Å². The lowest BCUT2D eigenvalue weighted by atomic mass is 10.0. The van der Waals surface area contributed by atoms with E-state index in [-0.39, 0.29) is 0 Å². The van der Waals surface area contributed by atoms with Crippen molar-refractivity contribution in [3.05, 3.63) is 72.3 Å². The highest BCUT2D eigenvalue weighted by molar-refractivity contribution is 6.77. The van der Waals surface area contributed by atoms with Crippen molar-refractivity contribution < 1.29 is 14.2 Å². The van der Waals surface area contributed by atoms with Crippen LogP contribution in [0.25, 0.3) is 22.8 Å². The number of benzene rings is 2. The molecule has 0 bridgehead atoms. The number of rotatable bonds is 36. The molecule has 2 heterocycles. The van der Waals surface area contributed by atoms with Gasteiger partial charge in [-0.05, 0) is 86.1 Å². The maximum atomic E-state index is 7.00. The van der Waals surface area contributed by atoms with E-state index in [9.17, 15) is 0 Å². The van der Waals surface area contributed by atoms with Crippen LogP contribution in [0.4, 0.5) is 0 Å². The lowest BCUT2D eigenvalue weighted by molar-refractivity contribution is 0.302. The molecule has 0 radical (unpaired) electrons. The third-order valence-corrected chi connectivity index (χ3v) is 20.9. The van der Waals surface area contributed by atoms with Crippen LogP contribution in [0.3, 0.4) is 0 Å². The molecule has 0 saturated carbocycles. The van der Waals surface area contributed by atoms with Crippen molar-refractivity contribution in [3.63, 3.8) is 0 Å². The average molecular weight is 924 g/mol. The maximum absolute atomic E-state index is 7.00. The largest absolute Gasteiger partial charge is 0.490 e. The highest BCUT2D eigenvalue weighted by atomic mass is 28.3. The van der Waals surface area contributed by atoms with Crippen molar-refractivity contribution >= 4 is 16.1 Å². The normalized spacial score (nSPS) is 11.9. The average Bonchev–Trinajstić information content (AvgIpc) is 3.32. The molecule has 0 aliphatic carbocycles. The molecule has 0 N–H and O–H groups in total. The van der Waals surface area contributed by atoms with Gasteiger partial charge < -0.3 is 14.2 Å². The summed E-state index contributed by atoms with van der Waals surface area (Å²) in [6.07, 6.45) is 34.0. The third kappa shape index (κ3) is 21.3. The molecule has 0 aliphatic heterocycles. The van der Waals surface area contributed by atoms with Crippen molar-refractivity contribution in [2.24, 2.45) is 0 Å². The molecule has 0 unspecified atom stereocenters. The predicted octanol–water partition coefficient (Wildman–Crippen LogP) is 17.5. The Kier molecular flexibility index (Phi) is 25.5. The molecule has 4 rings (SSSR count). The smallest absolute Gasteiger partial charge is 0.159 e. The molecule has 0 amide bonds. The van der Waals surface area contributed by atoms with Crippen molar-refractivity contribution in [1.29, 1.82) is 0 Å². The highest BCUT2D eigenvalue weighted by Gasteiger charge is 2.19. The van der Waals surface area contributed by atoms with Gasteiger partial charge >= 0.3 is 0 Å². The van der Waals surface area contributed by atoms with Crippen LogP contribution < -0.4 is 14.2 Å². The van der Waals surface area contributed by atoms with E-state index in [1.165, 1.54) is 138 Å². The van der Waals surface area contributed by atoms with E-state index in [1.807, 2.05) is 24.8 Å². The first kappa shape index (κ1) is 54.0. The van der Waals surface area contributed by atoms with E-state index in [2.05, 4.69) is 90.3 Å². The number of nitrogens with zero attached hydrogens (tertiary/aromatic N) is 4. The fraction of sp³-hybridized carbons (Fsp3) is 0.643. The molecular weight excluding hydrogens is 833 g/mol. The van der Waals surface area contributed by atoms with E-state index >= 15 is 0 Å². The van der Waals surface area contributed by atoms with Gasteiger partial charge in [-0.15, -0.1) is 0 Å². The summed E-state index contributed by atoms with van der Waals surface area (Å²) >= 11 is 0. The molecule has 7 nitrogen and oxygen atoms in total. The van der Waals surface area contributed by atoms with Gasteiger partial charge in [0.05, 0.1) is 38.0 Å². The summed E-state index contributed by atoms with van der Waals surface area (Å²) in [5.74, 6) is 4.72. The summed E-state index contributed by atoms with van der Waals surface area (Å²) in [6, 6.07) is 18.6. The van der Waals surface area contributed by atoms with Crippen molar-refractivity contribution in [1.82, 2.24) is 19.9 Å². The van der Waals surface area contributed by atoms with Crippen LogP contribution in [0.15, 0.2) is 61.2 Å². The molecule has 9 heteroatoms. The summed E-state index contributed by atoms with van der Waals surface area (Å²) in [6.45, 7) is 20.8. The summed E-state index contributed by atoms with van der Waals surface area (Å²) in [4.78, 5) is 19.1. The Morgan fingerprint density at radius 1 is 0.415 bits per heavy atom. The Morgan fingerprint density at radius 2 is 0.769 bits per heavy atom. The lowest BCUT2D eigenvalue weighted by Gasteiger charge is -2.19. The van der Waals surface area contributed by atoms with E-state index in [0.29, 0.717) is 24.9 Å². The molecule has 0 saturated heterocycles. The van der Waals surface area contributed by atoms with Crippen LogP contribution in [0, 0.1) is 0 Å². The number of aryl methyl sites for hydroxylation is 2. The van der Waals surface area contributed by atoms with E-state index in [0.717, 1.165) is 72.6 Å². The maximum Gasteiger partial charge on any atom is 0.159 e. The summed E-state index contributed by atoms with van der Waals surface area (Å²) in [5.41, 5.74) is 4.42. The molecule has 65 heavy (non-hydrogen) atoms. The van der Waals surface area contributed by atoms with Crippen LogP contribution >= 0.6 is 0 Å². The first-order valence-electron chi connectivity index (χ1n) is 26.4. The number of unbranched alkanes of at least 4 members (excludes halogenated alkanes) is 16. The van der Waals surface area contributed by atoms with Crippen LogP contribution in [0.2, 0.25) is 50.4 Å². The van der Waals surface area contributed by atoms with Gasteiger partial charge in [0, 0.05) is 27.3 Å². The molecule has 0 spiro atoms. The molecule has 0 atom stereocenters. The molecule has 0 aliphatic rings. The van der Waals surface area contributed by atoms with Gasteiger partial charge in [0.1, 0.15) is 11.5 Å². The Labute approximate surface area is 399 Å². The summed E-state index contributed by atoms with van der Waals surface area (Å²) in [7, 11) is -2.09. The monoisotopic (exact) mass is 923 g/mol. The Hall–Kier alpha value is -3.57. The second-order valence-electron chi connectivity index (χ2n) is 20.3. The SMILES string of the molecule is CCCCCCCCOc1cnc(-c2ccc(Oc3ccc(-c4ncc(OCCCCCCCC)cn4)cc3CCCCCC[Si](C)(C)CC)c(CCCCCC[Si](C)(C)CC)c2)nc1. The van der Waals surface area contributed by atoms with Crippen LogP contribution in [-0.2, 0) is 12.8 Å². The zero-order valence-corrected chi connectivity index (χ0v) is 44.6. The van der Waals surface area contributed by atoms with Gasteiger partial charge in [-0.25, -0.2) is 19.9 Å². The minimum absolute atomic E-state index is 0.707. The molecule has 2 aromatic heterocycles. The van der Waals surface area contributed by atoms with Gasteiger partial charge in [-0.1, -0.05) is 181 Å². The zero-order chi connectivity index (χ0) is 46.6. The Bertz CT molecular complexity index is 1730. The zero-order valence-electron chi connectivity index (χ0n) is 42.6. The molecule has 4 aromatic rings. The van der Waals surface area contributed by atoms with Crippen molar-refractivity contribution in [2.45, 2.75) is 219 Å². The van der Waals surface area contributed by atoms with Gasteiger partial charge in [0.2, 0.25) is 0 Å². The van der Waals surface area contributed by atoms with Crippen molar-refractivity contribution in [2.75, 3.05) is 13.2 Å². The minimum Gasteiger partial charge on any atom is -0.490 e. The first-order valence-corrected chi connectivity index (χ1v) is 33.2. The lowest BCUT2D eigenvalue weighted by Crippen LogP contribution is -2.22. The Morgan fingerprint density at radius 3 is 1.15 bits per heavy atom. The van der Waals surface area contributed by atoms with Crippen molar-refractivity contribution in [3.8, 4) is 45.8 Å². The second kappa shape index (κ2) is 30.7. The van der Waals surface area contributed by atoms with Crippen LogP contribution in [0.1, 0.15) is 167 Å². The third-order valence-electron chi connectivity index (χ3n) is 13.7. The number of aromatic nitrogens is 4. The van der Waals surface area contributed by atoms with Crippen LogP contribution in [0.5, 0.6) is 23.0 Å². The van der Waals surface area contributed by atoms with E-state index < -0.39 is 16.1 Å².